The van der Waals surface area contributed by atoms with Crippen LogP contribution in [0, 0.1) is 0 Å². The second-order valence-electron chi connectivity index (χ2n) is 6.00. The number of nitrogens with zero attached hydrogens (tertiary/aromatic N) is 2. The molecule has 0 bridgehead atoms. The van der Waals surface area contributed by atoms with Crippen LogP contribution in [0.1, 0.15) is 12.5 Å². The second kappa shape index (κ2) is 9.60. The molecule has 2 aromatic carbocycles. The van der Waals surface area contributed by atoms with Gasteiger partial charge in [0, 0.05) is 12.1 Å². The number of methoxy groups -OCH3 is 3. The molecule has 0 saturated heterocycles. The first-order valence-corrected chi connectivity index (χ1v) is 9.17. The summed E-state index contributed by atoms with van der Waals surface area (Å²) >= 11 is 0. The molecule has 0 aliphatic rings. The van der Waals surface area contributed by atoms with Gasteiger partial charge in [-0.1, -0.05) is 6.07 Å². The molecule has 0 aliphatic carbocycles. The van der Waals surface area contributed by atoms with Crippen LogP contribution in [0.25, 0.3) is 17.0 Å². The number of esters is 1. The number of benzene rings is 2. The Morgan fingerprint density at radius 2 is 1.63 bits per heavy atom. The van der Waals surface area contributed by atoms with Crippen LogP contribution in [0.5, 0.6) is 28.9 Å². The van der Waals surface area contributed by atoms with Gasteiger partial charge >= 0.3 is 5.97 Å². The molecule has 1 heterocycles. The van der Waals surface area contributed by atoms with Crippen LogP contribution in [0.3, 0.4) is 0 Å². The number of aromatic nitrogens is 2. The van der Waals surface area contributed by atoms with E-state index in [4.69, 9.17) is 23.7 Å². The van der Waals surface area contributed by atoms with Crippen LogP contribution < -0.4 is 18.9 Å². The summed E-state index contributed by atoms with van der Waals surface area (Å²) in [6, 6.07) is 8.78. The molecule has 0 saturated carbocycles. The van der Waals surface area contributed by atoms with Crippen LogP contribution in [-0.4, -0.2) is 43.9 Å². The standard InChI is InChI=1S/C22H22N2O6/c1-5-29-21(25)9-7-14-6-8-17(18(10-14)26-2)30-22-15-11-19(27-3)20(28-4)12-16(15)23-13-24-22/h6-13H,5H2,1-4H3. The Balaban J connectivity index is 1.94. The molecular formula is C22H22N2O6. The maximum Gasteiger partial charge on any atom is 0.330 e. The monoisotopic (exact) mass is 410 g/mol. The SMILES string of the molecule is CCOC(=O)C=Cc1ccc(Oc2ncnc3cc(OC)c(OC)cc23)c(OC)c1. The van der Waals surface area contributed by atoms with Crippen molar-refractivity contribution in [3.8, 4) is 28.9 Å². The zero-order chi connectivity index (χ0) is 21.5. The van der Waals surface area contributed by atoms with Crippen LogP contribution >= 0.6 is 0 Å². The van der Waals surface area contributed by atoms with Crippen molar-refractivity contribution in [2.45, 2.75) is 6.92 Å². The molecule has 0 radical (unpaired) electrons. The minimum Gasteiger partial charge on any atom is -0.493 e. The Morgan fingerprint density at radius 3 is 2.33 bits per heavy atom. The van der Waals surface area contributed by atoms with Crippen LogP contribution in [0.4, 0.5) is 0 Å². The van der Waals surface area contributed by atoms with E-state index in [-0.39, 0.29) is 0 Å². The summed E-state index contributed by atoms with van der Waals surface area (Å²) in [5.74, 6) is 1.97. The quantitative estimate of drug-likeness (QED) is 0.406. The number of hydrogen-bond acceptors (Lipinski definition) is 8. The lowest BCUT2D eigenvalue weighted by Crippen LogP contribution is -1.98. The lowest BCUT2D eigenvalue weighted by molar-refractivity contribution is -0.137. The smallest absolute Gasteiger partial charge is 0.330 e. The molecule has 3 rings (SSSR count). The van der Waals surface area contributed by atoms with Gasteiger partial charge in [-0.05, 0) is 36.8 Å². The third kappa shape index (κ3) is 4.60. The predicted octanol–water partition coefficient (Wildman–Crippen LogP) is 4.02. The van der Waals surface area contributed by atoms with E-state index in [0.717, 1.165) is 5.56 Å². The first-order valence-electron chi connectivity index (χ1n) is 9.17. The van der Waals surface area contributed by atoms with E-state index in [9.17, 15) is 4.79 Å². The van der Waals surface area contributed by atoms with Crippen molar-refractivity contribution < 1.29 is 28.5 Å². The molecule has 0 N–H and O–H groups in total. The highest BCUT2D eigenvalue weighted by Gasteiger charge is 2.14. The predicted molar refractivity (Wildman–Crippen MR) is 111 cm³/mol. The average molecular weight is 410 g/mol. The van der Waals surface area contributed by atoms with Gasteiger partial charge in [0.1, 0.15) is 6.33 Å². The van der Waals surface area contributed by atoms with Gasteiger partial charge in [-0.15, -0.1) is 0 Å². The fourth-order valence-electron chi connectivity index (χ4n) is 2.77. The molecule has 0 spiro atoms. The number of hydrogen-bond donors (Lipinski definition) is 0. The summed E-state index contributed by atoms with van der Waals surface area (Å²) in [5.41, 5.74) is 1.40. The van der Waals surface area contributed by atoms with Crippen molar-refractivity contribution in [2.24, 2.45) is 0 Å². The lowest BCUT2D eigenvalue weighted by atomic mass is 10.2. The number of rotatable bonds is 8. The van der Waals surface area contributed by atoms with E-state index in [1.807, 2.05) is 0 Å². The van der Waals surface area contributed by atoms with Crippen LogP contribution in [0.2, 0.25) is 0 Å². The maximum absolute atomic E-state index is 11.5. The van der Waals surface area contributed by atoms with Crippen molar-refractivity contribution in [1.29, 1.82) is 0 Å². The number of ether oxygens (including phenoxy) is 5. The molecule has 0 amide bonds. The van der Waals surface area contributed by atoms with Crippen molar-refractivity contribution in [3.05, 3.63) is 48.3 Å². The first kappa shape index (κ1) is 20.9. The van der Waals surface area contributed by atoms with Crippen molar-refractivity contribution in [2.75, 3.05) is 27.9 Å². The second-order valence-corrected chi connectivity index (χ2v) is 6.00. The molecule has 1 aromatic heterocycles. The lowest BCUT2D eigenvalue weighted by Gasteiger charge is -2.13. The molecule has 156 valence electrons. The first-order chi connectivity index (χ1) is 14.6. The van der Waals surface area contributed by atoms with E-state index in [1.54, 1.807) is 57.6 Å². The van der Waals surface area contributed by atoms with Gasteiger partial charge in [-0.2, -0.15) is 0 Å². The highest BCUT2D eigenvalue weighted by molar-refractivity contribution is 5.88. The van der Waals surface area contributed by atoms with Crippen LogP contribution in [0.15, 0.2) is 42.7 Å². The summed E-state index contributed by atoms with van der Waals surface area (Å²) in [4.78, 5) is 20.0. The number of carbonyl (C=O) groups is 1. The Hall–Kier alpha value is -3.81. The Morgan fingerprint density at radius 1 is 0.933 bits per heavy atom. The van der Waals surface area contributed by atoms with E-state index < -0.39 is 5.97 Å². The fraction of sp³-hybridized carbons (Fsp3) is 0.227. The van der Waals surface area contributed by atoms with Gasteiger partial charge in [0.15, 0.2) is 23.0 Å². The Labute approximate surface area is 174 Å². The maximum atomic E-state index is 11.5. The van der Waals surface area contributed by atoms with E-state index in [0.29, 0.717) is 46.4 Å². The summed E-state index contributed by atoms with van der Waals surface area (Å²) < 4.78 is 27.0. The zero-order valence-electron chi connectivity index (χ0n) is 17.2. The van der Waals surface area contributed by atoms with E-state index in [1.165, 1.54) is 19.5 Å². The highest BCUT2D eigenvalue weighted by atomic mass is 16.5. The van der Waals surface area contributed by atoms with E-state index >= 15 is 0 Å². The molecule has 0 aliphatic heterocycles. The molecule has 8 heteroatoms. The molecule has 3 aromatic rings. The molecular weight excluding hydrogens is 388 g/mol. The zero-order valence-corrected chi connectivity index (χ0v) is 17.2. The van der Waals surface area contributed by atoms with Crippen molar-refractivity contribution in [1.82, 2.24) is 9.97 Å². The molecule has 30 heavy (non-hydrogen) atoms. The molecule has 8 nitrogen and oxygen atoms in total. The topological polar surface area (TPSA) is 89.0 Å². The van der Waals surface area contributed by atoms with Gasteiger partial charge in [-0.3, -0.25) is 0 Å². The minimum atomic E-state index is -0.409. The normalized spacial score (nSPS) is 10.8. The Bertz CT molecular complexity index is 1080. The molecule has 0 fully saturated rings. The van der Waals surface area contributed by atoms with Gasteiger partial charge < -0.3 is 23.7 Å². The Kier molecular flexibility index (Phi) is 6.69. The number of carbonyl (C=O) groups excluding carboxylic acids is 1. The van der Waals surface area contributed by atoms with Gasteiger partial charge in [0.2, 0.25) is 5.88 Å². The largest absolute Gasteiger partial charge is 0.493 e. The van der Waals surface area contributed by atoms with E-state index in [2.05, 4.69) is 9.97 Å². The summed E-state index contributed by atoms with van der Waals surface area (Å²) in [6.07, 6.45) is 4.41. The summed E-state index contributed by atoms with van der Waals surface area (Å²) in [6.45, 7) is 2.08. The third-order valence-corrected chi connectivity index (χ3v) is 4.20. The third-order valence-electron chi connectivity index (χ3n) is 4.20. The number of fused-ring (bicyclic) bond motifs is 1. The van der Waals surface area contributed by atoms with Crippen molar-refractivity contribution >= 4 is 22.9 Å². The molecule has 0 unspecified atom stereocenters. The average Bonchev–Trinajstić information content (AvgIpc) is 2.77. The fourth-order valence-corrected chi connectivity index (χ4v) is 2.77. The summed E-state index contributed by atoms with van der Waals surface area (Å²) in [5, 5.41) is 0.656. The van der Waals surface area contributed by atoms with Gasteiger partial charge in [0.05, 0.1) is 38.8 Å². The highest BCUT2D eigenvalue weighted by Crippen LogP contribution is 2.38. The summed E-state index contributed by atoms with van der Waals surface area (Å²) in [7, 11) is 4.65. The van der Waals surface area contributed by atoms with Crippen molar-refractivity contribution in [3.63, 3.8) is 0 Å². The van der Waals surface area contributed by atoms with Gasteiger partial charge in [0.25, 0.3) is 0 Å². The minimum absolute atomic E-state index is 0.322. The van der Waals surface area contributed by atoms with Gasteiger partial charge in [-0.25, -0.2) is 14.8 Å². The van der Waals surface area contributed by atoms with Crippen LogP contribution in [-0.2, 0) is 9.53 Å². The molecule has 0 atom stereocenters.